The Balaban J connectivity index is 3.23. The smallest absolute Gasteiger partial charge is 0.207 e. The third kappa shape index (κ3) is 3.57. The molecule has 4 heteroatoms. The van der Waals surface area contributed by atoms with Crippen LogP contribution in [0.25, 0.3) is 0 Å². The van der Waals surface area contributed by atoms with E-state index in [0.717, 1.165) is 18.4 Å². The van der Waals surface area contributed by atoms with Crippen LogP contribution in [0.5, 0.6) is 0 Å². The van der Waals surface area contributed by atoms with E-state index >= 15 is 0 Å². The molecule has 1 aromatic carbocycles. The van der Waals surface area contributed by atoms with Gasteiger partial charge < -0.3 is 0 Å². The van der Waals surface area contributed by atoms with Crippen LogP contribution in [0.2, 0.25) is 0 Å². The highest BCUT2D eigenvalue weighted by Gasteiger charge is 2.31. The van der Waals surface area contributed by atoms with Gasteiger partial charge in [0.1, 0.15) is 0 Å². The van der Waals surface area contributed by atoms with Crippen LogP contribution in [-0.2, 0) is 10.0 Å². The molecule has 0 fully saturated rings. The van der Waals surface area contributed by atoms with Gasteiger partial charge >= 0.3 is 0 Å². The quantitative estimate of drug-likeness (QED) is 0.800. The number of sulfonamides is 1. The van der Waals surface area contributed by atoms with E-state index in [4.69, 9.17) is 0 Å². The van der Waals surface area contributed by atoms with Crippen LogP contribution in [-0.4, -0.2) is 24.8 Å². The van der Waals surface area contributed by atoms with E-state index in [2.05, 4.69) is 0 Å². The summed E-state index contributed by atoms with van der Waals surface area (Å²) in [6, 6.07) is 7.11. The van der Waals surface area contributed by atoms with Crippen LogP contribution in [0.3, 0.4) is 0 Å². The molecule has 1 aromatic rings. The summed E-state index contributed by atoms with van der Waals surface area (Å²) in [5.74, 6) is 0. The summed E-state index contributed by atoms with van der Waals surface area (Å²) in [5, 5.41) is 0. The van der Waals surface area contributed by atoms with Gasteiger partial charge in [0.2, 0.25) is 10.0 Å². The van der Waals surface area contributed by atoms with Gasteiger partial charge in [-0.05, 0) is 45.7 Å². The molecule has 0 unspecified atom stereocenters. The first kappa shape index (κ1) is 16.2. The standard InChI is InChI=1S/C15H25NO2S/c1-6-13(4)16(14(5)7-2)19(17,18)15-10-8-12(3)9-11-15/h8-11,13-14H,6-7H2,1-5H3/t13-,14+. The minimum absolute atomic E-state index is 0.0150. The number of aryl methyl sites for hydroxylation is 1. The summed E-state index contributed by atoms with van der Waals surface area (Å²) >= 11 is 0. The van der Waals surface area contributed by atoms with Gasteiger partial charge in [-0.2, -0.15) is 4.31 Å². The molecule has 0 amide bonds. The van der Waals surface area contributed by atoms with E-state index in [-0.39, 0.29) is 12.1 Å². The first-order chi connectivity index (χ1) is 8.84. The van der Waals surface area contributed by atoms with Gasteiger partial charge in [-0.3, -0.25) is 0 Å². The van der Waals surface area contributed by atoms with Gasteiger partial charge in [0.15, 0.2) is 0 Å². The molecule has 0 aliphatic rings. The second-order valence-electron chi connectivity index (χ2n) is 5.16. The van der Waals surface area contributed by atoms with Crippen molar-refractivity contribution in [1.29, 1.82) is 0 Å². The zero-order chi connectivity index (χ0) is 14.6. The zero-order valence-corrected chi connectivity index (χ0v) is 13.4. The molecule has 0 N–H and O–H groups in total. The Morgan fingerprint density at radius 3 is 1.79 bits per heavy atom. The second-order valence-corrected chi connectivity index (χ2v) is 7.01. The second kappa shape index (κ2) is 6.53. The Labute approximate surface area is 117 Å². The number of rotatable bonds is 6. The van der Waals surface area contributed by atoms with Crippen molar-refractivity contribution < 1.29 is 8.42 Å². The lowest BCUT2D eigenvalue weighted by Gasteiger charge is -2.32. The van der Waals surface area contributed by atoms with Crippen molar-refractivity contribution in [2.45, 2.75) is 64.4 Å². The van der Waals surface area contributed by atoms with Gasteiger partial charge in [-0.25, -0.2) is 8.42 Å². The number of hydrogen-bond acceptors (Lipinski definition) is 2. The molecule has 0 heterocycles. The minimum Gasteiger partial charge on any atom is -0.207 e. The Kier molecular flexibility index (Phi) is 5.56. The SMILES string of the molecule is CC[C@@H](C)N([C@@H](C)CC)S(=O)(=O)c1ccc(C)cc1. The molecule has 0 aromatic heterocycles. The van der Waals surface area contributed by atoms with Crippen LogP contribution in [0, 0.1) is 6.92 Å². The Hall–Kier alpha value is -0.870. The Bertz CT molecular complexity index is 483. The minimum atomic E-state index is -3.41. The summed E-state index contributed by atoms with van der Waals surface area (Å²) in [5.41, 5.74) is 1.07. The molecular weight excluding hydrogens is 258 g/mol. The maximum absolute atomic E-state index is 12.8. The van der Waals surface area contributed by atoms with Crippen LogP contribution in [0.15, 0.2) is 29.2 Å². The highest BCUT2D eigenvalue weighted by molar-refractivity contribution is 7.89. The lowest BCUT2D eigenvalue weighted by molar-refractivity contribution is 0.262. The van der Waals surface area contributed by atoms with Gasteiger partial charge in [-0.15, -0.1) is 0 Å². The largest absolute Gasteiger partial charge is 0.243 e. The molecular formula is C15H25NO2S. The van der Waals surface area contributed by atoms with Crippen molar-refractivity contribution in [2.24, 2.45) is 0 Å². The molecule has 3 nitrogen and oxygen atoms in total. The highest BCUT2D eigenvalue weighted by atomic mass is 32.2. The van der Waals surface area contributed by atoms with E-state index < -0.39 is 10.0 Å². The Morgan fingerprint density at radius 1 is 1.00 bits per heavy atom. The lowest BCUT2D eigenvalue weighted by atomic mass is 10.2. The summed E-state index contributed by atoms with van der Waals surface area (Å²) in [6.07, 6.45) is 1.63. The lowest BCUT2D eigenvalue weighted by Crippen LogP contribution is -2.44. The third-order valence-corrected chi connectivity index (χ3v) is 5.79. The summed E-state index contributed by atoms with van der Waals surface area (Å²) < 4.78 is 27.2. The molecule has 0 radical (unpaired) electrons. The fraction of sp³-hybridized carbons (Fsp3) is 0.600. The monoisotopic (exact) mass is 283 g/mol. The van der Waals surface area contributed by atoms with Gasteiger partial charge in [0.25, 0.3) is 0 Å². The van der Waals surface area contributed by atoms with Crippen LogP contribution >= 0.6 is 0 Å². The maximum Gasteiger partial charge on any atom is 0.243 e. The molecule has 0 aliphatic heterocycles. The van der Waals surface area contributed by atoms with Crippen LogP contribution in [0.1, 0.15) is 46.1 Å². The van der Waals surface area contributed by atoms with E-state index in [1.807, 2.05) is 46.8 Å². The predicted octanol–water partition coefficient (Wildman–Crippen LogP) is 3.58. The molecule has 0 saturated heterocycles. The fourth-order valence-corrected chi connectivity index (χ4v) is 4.07. The van der Waals surface area contributed by atoms with Crippen LogP contribution in [0.4, 0.5) is 0 Å². The van der Waals surface area contributed by atoms with Gasteiger partial charge in [0.05, 0.1) is 4.90 Å². The maximum atomic E-state index is 12.8. The number of benzene rings is 1. The molecule has 2 atom stereocenters. The van der Waals surface area contributed by atoms with Crippen molar-refractivity contribution in [3.05, 3.63) is 29.8 Å². The van der Waals surface area contributed by atoms with Gasteiger partial charge in [0, 0.05) is 12.1 Å². The highest BCUT2D eigenvalue weighted by Crippen LogP contribution is 2.23. The molecule has 0 saturated carbocycles. The van der Waals surface area contributed by atoms with Crippen LogP contribution < -0.4 is 0 Å². The third-order valence-electron chi connectivity index (χ3n) is 3.65. The fourth-order valence-electron chi connectivity index (χ4n) is 2.10. The average molecular weight is 283 g/mol. The number of hydrogen-bond donors (Lipinski definition) is 0. The van der Waals surface area contributed by atoms with Crippen molar-refractivity contribution in [3.8, 4) is 0 Å². The number of nitrogens with zero attached hydrogens (tertiary/aromatic N) is 1. The topological polar surface area (TPSA) is 37.4 Å². The predicted molar refractivity (Wildman–Crippen MR) is 79.7 cm³/mol. The summed E-state index contributed by atoms with van der Waals surface area (Å²) in [6.45, 7) is 9.93. The first-order valence-electron chi connectivity index (χ1n) is 6.94. The van der Waals surface area contributed by atoms with E-state index in [9.17, 15) is 8.42 Å². The normalized spacial score (nSPS) is 15.5. The molecule has 0 bridgehead atoms. The molecule has 108 valence electrons. The van der Waals surface area contributed by atoms with Crippen molar-refractivity contribution in [1.82, 2.24) is 4.31 Å². The molecule has 0 spiro atoms. The first-order valence-corrected chi connectivity index (χ1v) is 8.38. The molecule has 0 aliphatic carbocycles. The van der Waals surface area contributed by atoms with E-state index in [0.29, 0.717) is 4.90 Å². The zero-order valence-electron chi connectivity index (χ0n) is 12.6. The Morgan fingerprint density at radius 2 is 1.42 bits per heavy atom. The van der Waals surface area contributed by atoms with E-state index in [1.54, 1.807) is 16.4 Å². The molecule has 1 rings (SSSR count). The van der Waals surface area contributed by atoms with Crippen molar-refractivity contribution in [2.75, 3.05) is 0 Å². The summed E-state index contributed by atoms with van der Waals surface area (Å²) in [7, 11) is -3.41. The van der Waals surface area contributed by atoms with Crippen molar-refractivity contribution in [3.63, 3.8) is 0 Å². The molecule has 19 heavy (non-hydrogen) atoms. The van der Waals surface area contributed by atoms with Crippen molar-refractivity contribution >= 4 is 10.0 Å². The van der Waals surface area contributed by atoms with E-state index in [1.165, 1.54) is 0 Å². The summed E-state index contributed by atoms with van der Waals surface area (Å²) in [4.78, 5) is 0.388. The van der Waals surface area contributed by atoms with Gasteiger partial charge in [-0.1, -0.05) is 31.5 Å². The average Bonchev–Trinajstić information content (AvgIpc) is 2.38.